The number of methoxy groups -OCH3 is 1. The summed E-state index contributed by atoms with van der Waals surface area (Å²) in [4.78, 5) is 4.17. The van der Waals surface area contributed by atoms with Crippen molar-refractivity contribution in [3.05, 3.63) is 27.7 Å². The second-order valence-electron chi connectivity index (χ2n) is 3.12. The summed E-state index contributed by atoms with van der Waals surface area (Å²) >= 11 is 9.39. The predicted octanol–water partition coefficient (Wildman–Crippen LogP) is 1.98. The molecule has 0 heterocycles. The van der Waals surface area contributed by atoms with Crippen LogP contribution in [-0.4, -0.2) is 26.2 Å². The number of hydrogen-bond donors (Lipinski definition) is 3. The molecule has 0 saturated carbocycles. The second kappa shape index (κ2) is 7.50. The zero-order valence-corrected chi connectivity index (χ0v) is 11.7. The summed E-state index contributed by atoms with van der Waals surface area (Å²) in [5, 5.41) is 3.58. The van der Waals surface area contributed by atoms with Crippen LogP contribution in [0.4, 0.5) is 5.69 Å². The maximum absolute atomic E-state index is 6.03. The van der Waals surface area contributed by atoms with E-state index in [0.29, 0.717) is 24.1 Å². The maximum Gasteiger partial charge on any atom is 0.210 e. The van der Waals surface area contributed by atoms with Crippen molar-refractivity contribution in [3.8, 4) is 0 Å². The first-order valence-electron chi connectivity index (χ1n) is 4.89. The number of aliphatic imine (C=N–C) groups is 1. The van der Waals surface area contributed by atoms with Gasteiger partial charge in [-0.1, -0.05) is 27.5 Å². The van der Waals surface area contributed by atoms with Gasteiger partial charge in [0, 0.05) is 11.6 Å². The molecule has 0 aliphatic rings. The summed E-state index contributed by atoms with van der Waals surface area (Å²) in [5.74, 6) is 5.78. The Balaban J connectivity index is 2.73. The molecule has 17 heavy (non-hydrogen) atoms. The lowest BCUT2D eigenvalue weighted by molar-refractivity contribution is 0.208. The third-order valence-electron chi connectivity index (χ3n) is 1.88. The van der Waals surface area contributed by atoms with E-state index in [-0.39, 0.29) is 0 Å². The molecule has 0 spiro atoms. The Bertz CT molecular complexity index is 400. The number of hydrazine groups is 1. The van der Waals surface area contributed by atoms with Crippen molar-refractivity contribution in [3.63, 3.8) is 0 Å². The number of nitrogens with two attached hydrogens (primary N) is 1. The van der Waals surface area contributed by atoms with Crippen LogP contribution in [0.1, 0.15) is 0 Å². The monoisotopic (exact) mass is 320 g/mol. The molecule has 0 aliphatic carbocycles. The van der Waals surface area contributed by atoms with Crippen LogP contribution in [0.25, 0.3) is 0 Å². The average molecular weight is 322 g/mol. The number of hydrogen-bond acceptors (Lipinski definition) is 3. The molecule has 5 nitrogen and oxygen atoms in total. The molecular formula is C10H14BrClN4O. The Morgan fingerprint density at radius 1 is 1.59 bits per heavy atom. The third kappa shape index (κ3) is 4.91. The summed E-state index contributed by atoms with van der Waals surface area (Å²) in [6.45, 7) is 1.04. The Morgan fingerprint density at radius 2 is 2.35 bits per heavy atom. The largest absolute Gasteiger partial charge is 0.383 e. The van der Waals surface area contributed by atoms with Gasteiger partial charge in [0.1, 0.15) is 0 Å². The molecule has 1 rings (SSSR count). The molecule has 0 aliphatic heterocycles. The topological polar surface area (TPSA) is 71.7 Å². The molecule has 4 N–H and O–H groups in total. The van der Waals surface area contributed by atoms with Gasteiger partial charge < -0.3 is 10.1 Å². The van der Waals surface area contributed by atoms with E-state index in [4.69, 9.17) is 22.2 Å². The molecule has 0 fully saturated rings. The van der Waals surface area contributed by atoms with Gasteiger partial charge >= 0.3 is 0 Å². The van der Waals surface area contributed by atoms with E-state index >= 15 is 0 Å². The van der Waals surface area contributed by atoms with E-state index < -0.39 is 0 Å². The summed E-state index contributed by atoms with van der Waals surface area (Å²) in [6, 6.07) is 5.47. The van der Waals surface area contributed by atoms with Crippen molar-refractivity contribution in [2.75, 3.05) is 25.6 Å². The van der Waals surface area contributed by atoms with Gasteiger partial charge in [-0.05, 0) is 18.2 Å². The van der Waals surface area contributed by atoms with Crippen LogP contribution >= 0.6 is 27.5 Å². The van der Waals surface area contributed by atoms with E-state index in [0.717, 1.165) is 10.2 Å². The molecule has 0 unspecified atom stereocenters. The van der Waals surface area contributed by atoms with Crippen LogP contribution in [-0.2, 0) is 4.74 Å². The SMILES string of the molecule is COCCN=C(NN)Nc1cc(Br)ccc1Cl. The van der Waals surface area contributed by atoms with E-state index in [1.807, 2.05) is 12.1 Å². The summed E-state index contributed by atoms with van der Waals surface area (Å²) in [7, 11) is 1.61. The van der Waals surface area contributed by atoms with E-state index in [1.165, 1.54) is 0 Å². The molecule has 0 bridgehead atoms. The molecule has 94 valence electrons. The minimum atomic E-state index is 0.432. The third-order valence-corrected chi connectivity index (χ3v) is 2.71. The first kappa shape index (κ1) is 14.2. The van der Waals surface area contributed by atoms with Crippen molar-refractivity contribution in [1.29, 1.82) is 0 Å². The van der Waals surface area contributed by atoms with Crippen molar-refractivity contribution in [1.82, 2.24) is 5.43 Å². The highest BCUT2D eigenvalue weighted by atomic mass is 79.9. The van der Waals surface area contributed by atoms with Crippen molar-refractivity contribution in [2.45, 2.75) is 0 Å². The molecule has 0 aromatic heterocycles. The lowest BCUT2D eigenvalue weighted by atomic mass is 10.3. The number of halogens is 2. The number of nitrogens with one attached hydrogen (secondary N) is 2. The fraction of sp³-hybridized carbons (Fsp3) is 0.300. The number of ether oxygens (including phenoxy) is 1. The molecule has 0 atom stereocenters. The average Bonchev–Trinajstić information content (AvgIpc) is 2.32. The molecule has 0 saturated heterocycles. The number of guanidine groups is 1. The highest BCUT2D eigenvalue weighted by Crippen LogP contribution is 2.25. The van der Waals surface area contributed by atoms with Gasteiger partial charge in [0.05, 0.1) is 23.9 Å². The lowest BCUT2D eigenvalue weighted by Gasteiger charge is -2.10. The van der Waals surface area contributed by atoms with Gasteiger partial charge in [0.25, 0.3) is 0 Å². The molecule has 1 aromatic rings. The Morgan fingerprint density at radius 3 is 3.00 bits per heavy atom. The highest BCUT2D eigenvalue weighted by molar-refractivity contribution is 9.10. The second-order valence-corrected chi connectivity index (χ2v) is 4.44. The Hall–Kier alpha value is -0.820. The first-order chi connectivity index (χ1) is 8.17. The minimum Gasteiger partial charge on any atom is -0.383 e. The number of benzene rings is 1. The van der Waals surface area contributed by atoms with Crippen LogP contribution in [0.5, 0.6) is 0 Å². The van der Waals surface area contributed by atoms with Gasteiger partial charge in [0.15, 0.2) is 0 Å². The van der Waals surface area contributed by atoms with Gasteiger partial charge in [-0.3, -0.25) is 5.43 Å². The van der Waals surface area contributed by atoms with Crippen LogP contribution in [0, 0.1) is 0 Å². The molecule has 1 aromatic carbocycles. The summed E-state index contributed by atoms with van der Waals surface area (Å²) in [5.41, 5.74) is 3.18. The van der Waals surface area contributed by atoms with Gasteiger partial charge in [0.2, 0.25) is 5.96 Å². The minimum absolute atomic E-state index is 0.432. The van der Waals surface area contributed by atoms with E-state index in [2.05, 4.69) is 31.7 Å². The molecule has 7 heteroatoms. The number of rotatable bonds is 4. The van der Waals surface area contributed by atoms with E-state index in [9.17, 15) is 0 Å². The Labute approximate surface area is 113 Å². The zero-order valence-electron chi connectivity index (χ0n) is 9.34. The predicted molar refractivity (Wildman–Crippen MR) is 74.3 cm³/mol. The summed E-state index contributed by atoms with van der Waals surface area (Å²) in [6.07, 6.45) is 0. The maximum atomic E-state index is 6.03. The van der Waals surface area contributed by atoms with Gasteiger partial charge in [-0.2, -0.15) is 0 Å². The smallest absolute Gasteiger partial charge is 0.210 e. The van der Waals surface area contributed by atoms with Crippen LogP contribution in [0.2, 0.25) is 5.02 Å². The Kier molecular flexibility index (Phi) is 6.28. The van der Waals surface area contributed by atoms with Crippen molar-refractivity contribution >= 4 is 39.2 Å². The normalized spacial score (nSPS) is 11.4. The first-order valence-corrected chi connectivity index (χ1v) is 6.06. The quantitative estimate of drug-likeness (QED) is 0.261. The number of anilines is 1. The molecule has 0 radical (unpaired) electrons. The summed E-state index contributed by atoms with van der Waals surface area (Å²) < 4.78 is 5.81. The van der Waals surface area contributed by atoms with Gasteiger partial charge in [-0.15, -0.1) is 0 Å². The highest BCUT2D eigenvalue weighted by Gasteiger charge is 2.03. The molecule has 0 amide bonds. The van der Waals surface area contributed by atoms with Crippen molar-refractivity contribution in [2.24, 2.45) is 10.8 Å². The fourth-order valence-electron chi connectivity index (χ4n) is 1.09. The fourth-order valence-corrected chi connectivity index (χ4v) is 1.62. The van der Waals surface area contributed by atoms with Crippen LogP contribution in [0.3, 0.4) is 0 Å². The zero-order chi connectivity index (χ0) is 12.7. The molecular weight excluding hydrogens is 307 g/mol. The lowest BCUT2D eigenvalue weighted by Crippen LogP contribution is -2.36. The van der Waals surface area contributed by atoms with Crippen molar-refractivity contribution < 1.29 is 4.74 Å². The van der Waals surface area contributed by atoms with Gasteiger partial charge in [-0.25, -0.2) is 10.8 Å². The standard InChI is InChI=1S/C10H14BrClN4O/c1-17-5-4-14-10(16-13)15-9-6-7(11)2-3-8(9)12/h2-3,6H,4-5,13H2,1H3,(H2,14,15,16). The number of nitrogens with zero attached hydrogens (tertiary/aromatic N) is 1. The van der Waals surface area contributed by atoms with Crippen LogP contribution < -0.4 is 16.6 Å². The van der Waals surface area contributed by atoms with E-state index in [1.54, 1.807) is 13.2 Å². The van der Waals surface area contributed by atoms with Crippen LogP contribution in [0.15, 0.2) is 27.7 Å².